The second-order valence-electron chi connectivity index (χ2n) is 3.95. The van der Waals surface area contributed by atoms with Crippen molar-refractivity contribution in [1.82, 2.24) is 4.98 Å². The minimum Gasteiger partial charge on any atom is -0.492 e. The predicted octanol–water partition coefficient (Wildman–Crippen LogP) is 3.74. The maximum atomic E-state index is 6.22. The lowest BCUT2D eigenvalue weighted by Gasteiger charge is -2.11. The standard InChI is InChI=1S/C13H15BrN2OS/c1-2-3-17-11-4-9(6-16-7-11)13(15)12-5-10(14)8-18-12/h4-8,13H,2-3,15H2,1H3. The summed E-state index contributed by atoms with van der Waals surface area (Å²) in [7, 11) is 0. The summed E-state index contributed by atoms with van der Waals surface area (Å²) in [4.78, 5) is 5.29. The number of aromatic nitrogens is 1. The van der Waals surface area contributed by atoms with Crippen molar-refractivity contribution in [3.05, 3.63) is 44.8 Å². The van der Waals surface area contributed by atoms with Crippen LogP contribution in [0.1, 0.15) is 29.8 Å². The fourth-order valence-corrected chi connectivity index (χ4v) is 3.03. The van der Waals surface area contributed by atoms with Gasteiger partial charge >= 0.3 is 0 Å². The van der Waals surface area contributed by atoms with Gasteiger partial charge in [-0.15, -0.1) is 11.3 Å². The summed E-state index contributed by atoms with van der Waals surface area (Å²) in [5.41, 5.74) is 7.19. The zero-order valence-corrected chi connectivity index (χ0v) is 12.5. The summed E-state index contributed by atoms with van der Waals surface area (Å²) >= 11 is 5.07. The van der Waals surface area contributed by atoms with Gasteiger partial charge in [0.1, 0.15) is 5.75 Å². The van der Waals surface area contributed by atoms with Crippen LogP contribution >= 0.6 is 27.3 Å². The Hall–Kier alpha value is -0.910. The van der Waals surface area contributed by atoms with Gasteiger partial charge in [0.05, 0.1) is 18.8 Å². The van der Waals surface area contributed by atoms with Crippen molar-refractivity contribution in [1.29, 1.82) is 0 Å². The molecule has 96 valence electrons. The number of ether oxygens (including phenoxy) is 1. The molecule has 2 aromatic rings. The van der Waals surface area contributed by atoms with Crippen molar-refractivity contribution >= 4 is 27.3 Å². The molecule has 0 aliphatic heterocycles. The molecule has 0 aliphatic rings. The van der Waals surface area contributed by atoms with Crippen LogP contribution in [0, 0.1) is 0 Å². The fourth-order valence-electron chi connectivity index (χ4n) is 1.56. The molecule has 0 bridgehead atoms. The molecule has 5 heteroatoms. The predicted molar refractivity (Wildman–Crippen MR) is 78.1 cm³/mol. The van der Waals surface area contributed by atoms with Crippen LogP contribution in [0.3, 0.4) is 0 Å². The van der Waals surface area contributed by atoms with Gasteiger partial charge in [0, 0.05) is 20.9 Å². The Bertz CT molecular complexity index is 515. The van der Waals surface area contributed by atoms with E-state index in [0.29, 0.717) is 6.61 Å². The molecule has 2 rings (SSSR count). The molecule has 0 saturated heterocycles. The van der Waals surface area contributed by atoms with Crippen LogP contribution < -0.4 is 10.5 Å². The van der Waals surface area contributed by atoms with E-state index in [1.54, 1.807) is 23.7 Å². The van der Waals surface area contributed by atoms with Crippen LogP contribution in [0.5, 0.6) is 5.75 Å². The number of hydrogen-bond donors (Lipinski definition) is 1. The lowest BCUT2D eigenvalue weighted by Crippen LogP contribution is -2.10. The number of nitrogens with two attached hydrogens (primary N) is 1. The third-order valence-corrected chi connectivity index (χ3v) is 4.24. The van der Waals surface area contributed by atoms with Gasteiger partial charge in [-0.2, -0.15) is 0 Å². The molecule has 0 saturated carbocycles. The van der Waals surface area contributed by atoms with E-state index in [9.17, 15) is 0 Å². The highest BCUT2D eigenvalue weighted by atomic mass is 79.9. The Morgan fingerprint density at radius 3 is 2.94 bits per heavy atom. The summed E-state index contributed by atoms with van der Waals surface area (Å²) < 4.78 is 6.62. The van der Waals surface area contributed by atoms with Crippen LogP contribution in [0.2, 0.25) is 0 Å². The number of hydrogen-bond acceptors (Lipinski definition) is 4. The van der Waals surface area contributed by atoms with Crippen molar-refractivity contribution in [3.63, 3.8) is 0 Å². The SMILES string of the molecule is CCCOc1cncc(C(N)c2cc(Br)cs2)c1. The van der Waals surface area contributed by atoms with E-state index < -0.39 is 0 Å². The molecular weight excluding hydrogens is 312 g/mol. The molecule has 0 aliphatic carbocycles. The molecule has 1 unspecified atom stereocenters. The van der Waals surface area contributed by atoms with Gasteiger partial charge in [0.25, 0.3) is 0 Å². The molecule has 0 aromatic carbocycles. The van der Waals surface area contributed by atoms with Crippen LogP contribution in [0.15, 0.2) is 34.4 Å². The molecule has 0 fully saturated rings. The highest BCUT2D eigenvalue weighted by Gasteiger charge is 2.12. The molecule has 1 atom stereocenters. The van der Waals surface area contributed by atoms with Gasteiger partial charge in [-0.3, -0.25) is 4.98 Å². The largest absolute Gasteiger partial charge is 0.492 e. The van der Waals surface area contributed by atoms with Crippen molar-refractivity contribution < 1.29 is 4.74 Å². The molecule has 3 nitrogen and oxygen atoms in total. The van der Waals surface area contributed by atoms with E-state index >= 15 is 0 Å². The summed E-state index contributed by atoms with van der Waals surface area (Å²) in [6.45, 7) is 2.77. The third kappa shape index (κ3) is 3.31. The van der Waals surface area contributed by atoms with Gasteiger partial charge in [0.2, 0.25) is 0 Å². The van der Waals surface area contributed by atoms with E-state index in [-0.39, 0.29) is 6.04 Å². The summed E-state index contributed by atoms with van der Waals surface area (Å²) in [5, 5.41) is 2.03. The minimum atomic E-state index is -0.154. The molecule has 0 amide bonds. The number of halogens is 1. The monoisotopic (exact) mass is 326 g/mol. The van der Waals surface area contributed by atoms with E-state index in [2.05, 4.69) is 27.8 Å². The Morgan fingerprint density at radius 1 is 1.44 bits per heavy atom. The van der Waals surface area contributed by atoms with E-state index in [1.165, 1.54) is 0 Å². The Kier molecular flexibility index (Phi) is 4.74. The third-order valence-electron chi connectivity index (χ3n) is 2.46. The first-order valence-corrected chi connectivity index (χ1v) is 7.45. The first kappa shape index (κ1) is 13.5. The molecule has 18 heavy (non-hydrogen) atoms. The minimum absolute atomic E-state index is 0.154. The summed E-state index contributed by atoms with van der Waals surface area (Å²) in [5.74, 6) is 0.778. The molecule has 0 radical (unpaired) electrons. The Labute approximate surface area is 119 Å². The smallest absolute Gasteiger partial charge is 0.137 e. The summed E-state index contributed by atoms with van der Waals surface area (Å²) in [6, 6.07) is 3.84. The van der Waals surface area contributed by atoms with Gasteiger partial charge in [-0.05, 0) is 40.0 Å². The average molecular weight is 327 g/mol. The van der Waals surface area contributed by atoms with E-state index in [1.807, 2.05) is 17.5 Å². The maximum Gasteiger partial charge on any atom is 0.137 e. The van der Waals surface area contributed by atoms with Crippen molar-refractivity contribution in [3.8, 4) is 5.75 Å². The molecule has 2 heterocycles. The Balaban J connectivity index is 2.17. The first-order valence-electron chi connectivity index (χ1n) is 5.78. The van der Waals surface area contributed by atoms with Crippen molar-refractivity contribution in [2.24, 2.45) is 5.73 Å². The zero-order valence-electron chi connectivity index (χ0n) is 10.1. The highest BCUT2D eigenvalue weighted by Crippen LogP contribution is 2.29. The van der Waals surface area contributed by atoms with Crippen molar-refractivity contribution in [2.45, 2.75) is 19.4 Å². The normalized spacial score (nSPS) is 12.4. The molecular formula is C13H15BrN2OS. The highest BCUT2D eigenvalue weighted by molar-refractivity contribution is 9.10. The topological polar surface area (TPSA) is 48.1 Å². The fraction of sp³-hybridized carbons (Fsp3) is 0.308. The second-order valence-corrected chi connectivity index (χ2v) is 5.81. The van der Waals surface area contributed by atoms with E-state index in [4.69, 9.17) is 10.5 Å². The second kappa shape index (κ2) is 6.31. The van der Waals surface area contributed by atoms with E-state index in [0.717, 1.165) is 27.1 Å². The number of thiophene rings is 1. The molecule has 2 aromatic heterocycles. The lowest BCUT2D eigenvalue weighted by atomic mass is 10.1. The number of nitrogens with zero attached hydrogens (tertiary/aromatic N) is 1. The zero-order chi connectivity index (χ0) is 13.0. The van der Waals surface area contributed by atoms with Crippen LogP contribution in [-0.2, 0) is 0 Å². The maximum absolute atomic E-state index is 6.22. The van der Waals surface area contributed by atoms with Gasteiger partial charge in [-0.25, -0.2) is 0 Å². The molecule has 2 N–H and O–H groups in total. The van der Waals surface area contributed by atoms with Crippen molar-refractivity contribution in [2.75, 3.05) is 6.61 Å². The van der Waals surface area contributed by atoms with Crippen LogP contribution in [-0.4, -0.2) is 11.6 Å². The lowest BCUT2D eigenvalue weighted by molar-refractivity contribution is 0.315. The molecule has 0 spiro atoms. The first-order chi connectivity index (χ1) is 8.70. The number of rotatable bonds is 5. The Morgan fingerprint density at radius 2 is 2.28 bits per heavy atom. The van der Waals surface area contributed by atoms with Crippen LogP contribution in [0.25, 0.3) is 0 Å². The van der Waals surface area contributed by atoms with Gasteiger partial charge < -0.3 is 10.5 Å². The average Bonchev–Trinajstić information content (AvgIpc) is 2.82. The number of pyridine rings is 1. The summed E-state index contributed by atoms with van der Waals surface area (Å²) in [6.07, 6.45) is 4.49. The van der Waals surface area contributed by atoms with Crippen LogP contribution in [0.4, 0.5) is 0 Å². The van der Waals surface area contributed by atoms with Gasteiger partial charge in [-0.1, -0.05) is 6.92 Å². The van der Waals surface area contributed by atoms with Gasteiger partial charge in [0.15, 0.2) is 0 Å². The quantitative estimate of drug-likeness (QED) is 0.910.